The lowest BCUT2D eigenvalue weighted by molar-refractivity contribution is 0.0953. The van der Waals surface area contributed by atoms with Gasteiger partial charge in [-0.2, -0.15) is 5.10 Å². The second-order valence-corrected chi connectivity index (χ2v) is 5.15. The van der Waals surface area contributed by atoms with Gasteiger partial charge in [0.25, 0.3) is 5.91 Å². The number of aryl methyl sites for hydroxylation is 2. The lowest BCUT2D eigenvalue weighted by Crippen LogP contribution is -2.22. The monoisotopic (exact) mass is 248 g/mol. The first-order chi connectivity index (χ1) is 8.56. The Kier molecular flexibility index (Phi) is 3.84. The van der Waals surface area contributed by atoms with Crippen molar-refractivity contribution in [1.82, 2.24) is 5.43 Å². The number of nitrogens with one attached hydrogen (secondary N) is 1. The largest absolute Gasteiger partial charge is 0.466 e. The Hall–Kier alpha value is -1.58. The van der Waals surface area contributed by atoms with Crippen molar-refractivity contribution in [3.63, 3.8) is 0 Å². The maximum Gasteiger partial charge on any atom is 0.274 e. The zero-order chi connectivity index (χ0) is 13.1. The second kappa shape index (κ2) is 5.38. The number of rotatable bonds is 2. The van der Waals surface area contributed by atoms with Crippen LogP contribution in [-0.4, -0.2) is 11.6 Å². The predicted molar refractivity (Wildman–Crippen MR) is 70.7 cm³/mol. The predicted octanol–water partition coefficient (Wildman–Crippen LogP) is 3.19. The van der Waals surface area contributed by atoms with Crippen LogP contribution in [0.15, 0.2) is 15.6 Å². The summed E-state index contributed by atoms with van der Waals surface area (Å²) in [5, 5.41) is 4.24. The maximum atomic E-state index is 11.9. The Balaban J connectivity index is 1.99. The van der Waals surface area contributed by atoms with Gasteiger partial charge in [0.2, 0.25) is 0 Å². The molecule has 2 rings (SSSR count). The topological polar surface area (TPSA) is 54.6 Å². The van der Waals surface area contributed by atoms with Crippen LogP contribution < -0.4 is 5.43 Å². The summed E-state index contributed by atoms with van der Waals surface area (Å²) < 4.78 is 5.34. The molecule has 1 aliphatic carbocycles. The van der Waals surface area contributed by atoms with Crippen LogP contribution in [0.5, 0.6) is 0 Å². The fraction of sp³-hybridized carbons (Fsp3) is 0.571. The molecule has 1 N–H and O–H groups in total. The van der Waals surface area contributed by atoms with Gasteiger partial charge in [-0.05, 0) is 51.5 Å². The Morgan fingerprint density at radius 3 is 2.89 bits per heavy atom. The zero-order valence-electron chi connectivity index (χ0n) is 11.2. The van der Waals surface area contributed by atoms with Crippen molar-refractivity contribution < 1.29 is 9.21 Å². The molecule has 1 aromatic rings. The van der Waals surface area contributed by atoms with Gasteiger partial charge in [-0.1, -0.05) is 6.92 Å². The van der Waals surface area contributed by atoms with Crippen LogP contribution >= 0.6 is 0 Å². The third kappa shape index (κ3) is 3.00. The van der Waals surface area contributed by atoms with E-state index < -0.39 is 0 Å². The Labute approximate surface area is 107 Å². The van der Waals surface area contributed by atoms with E-state index in [0.29, 0.717) is 17.2 Å². The highest BCUT2D eigenvalue weighted by atomic mass is 16.3. The van der Waals surface area contributed by atoms with Crippen LogP contribution in [0.25, 0.3) is 0 Å². The Morgan fingerprint density at radius 2 is 2.28 bits per heavy atom. The Bertz CT molecular complexity index is 474. The van der Waals surface area contributed by atoms with Crippen molar-refractivity contribution in [3.05, 3.63) is 23.2 Å². The standard InChI is InChI=1S/C14H20N2O2/c1-9-5-4-6-12(7-9)15-16-14(17)13-8-10(2)18-11(13)3/h8-9H,4-7H2,1-3H3,(H,16,17)/b15-12+/t9-/m0/s1. The first-order valence-electron chi connectivity index (χ1n) is 6.49. The molecule has 1 saturated carbocycles. The molecule has 1 aliphatic rings. The van der Waals surface area contributed by atoms with E-state index in [2.05, 4.69) is 17.5 Å². The molecule has 0 unspecified atom stereocenters. The van der Waals surface area contributed by atoms with E-state index in [9.17, 15) is 4.79 Å². The van der Waals surface area contributed by atoms with Crippen LogP contribution in [0.3, 0.4) is 0 Å². The molecule has 0 aliphatic heterocycles. The first kappa shape index (κ1) is 12.9. The van der Waals surface area contributed by atoms with Crippen LogP contribution in [0.4, 0.5) is 0 Å². The molecule has 4 heteroatoms. The lowest BCUT2D eigenvalue weighted by Gasteiger charge is -2.18. The summed E-state index contributed by atoms with van der Waals surface area (Å²) >= 11 is 0. The lowest BCUT2D eigenvalue weighted by atomic mass is 9.89. The summed E-state index contributed by atoms with van der Waals surface area (Å²) in [6.07, 6.45) is 4.41. The highest BCUT2D eigenvalue weighted by Gasteiger charge is 2.16. The molecule has 1 aromatic heterocycles. The first-order valence-corrected chi connectivity index (χ1v) is 6.49. The fourth-order valence-electron chi connectivity index (χ4n) is 2.41. The summed E-state index contributed by atoms with van der Waals surface area (Å²) in [4.78, 5) is 11.9. The normalized spacial score (nSPS) is 22.2. The van der Waals surface area contributed by atoms with Gasteiger partial charge >= 0.3 is 0 Å². The molecule has 0 saturated heterocycles. The van der Waals surface area contributed by atoms with Crippen molar-refractivity contribution in [2.45, 2.75) is 46.5 Å². The molecule has 1 heterocycles. The number of carbonyl (C=O) groups excluding carboxylic acids is 1. The molecule has 1 amide bonds. The number of hydrazone groups is 1. The van der Waals surface area contributed by atoms with Crippen molar-refractivity contribution in [2.24, 2.45) is 11.0 Å². The van der Waals surface area contributed by atoms with Gasteiger partial charge in [-0.25, -0.2) is 5.43 Å². The number of furan rings is 1. The SMILES string of the molecule is Cc1cc(C(=O)N/N=C2\CCC[C@H](C)C2)c(C)o1. The van der Waals surface area contributed by atoms with Crippen LogP contribution in [0.1, 0.15) is 54.5 Å². The van der Waals surface area contributed by atoms with E-state index in [1.165, 1.54) is 12.8 Å². The number of hydrogen-bond donors (Lipinski definition) is 1. The van der Waals surface area contributed by atoms with Gasteiger partial charge in [0.15, 0.2) is 0 Å². The van der Waals surface area contributed by atoms with Crippen molar-refractivity contribution in [1.29, 1.82) is 0 Å². The molecule has 0 aromatic carbocycles. The van der Waals surface area contributed by atoms with Crippen molar-refractivity contribution in [2.75, 3.05) is 0 Å². The number of carbonyl (C=O) groups is 1. The molecule has 1 atom stereocenters. The van der Waals surface area contributed by atoms with Crippen molar-refractivity contribution >= 4 is 11.6 Å². The number of hydrogen-bond acceptors (Lipinski definition) is 3. The van der Waals surface area contributed by atoms with E-state index in [1.54, 1.807) is 13.0 Å². The average Bonchev–Trinajstić information content (AvgIpc) is 2.66. The Morgan fingerprint density at radius 1 is 1.50 bits per heavy atom. The third-order valence-electron chi connectivity index (χ3n) is 3.35. The molecule has 1 fully saturated rings. The third-order valence-corrected chi connectivity index (χ3v) is 3.35. The van der Waals surface area contributed by atoms with E-state index in [-0.39, 0.29) is 5.91 Å². The number of nitrogens with zero attached hydrogens (tertiary/aromatic N) is 1. The molecular weight excluding hydrogens is 228 g/mol. The molecule has 0 bridgehead atoms. The summed E-state index contributed by atoms with van der Waals surface area (Å²) in [6.45, 7) is 5.84. The highest BCUT2D eigenvalue weighted by molar-refractivity contribution is 5.96. The molecule has 18 heavy (non-hydrogen) atoms. The minimum Gasteiger partial charge on any atom is -0.466 e. The minimum absolute atomic E-state index is 0.185. The smallest absolute Gasteiger partial charge is 0.274 e. The maximum absolute atomic E-state index is 11.9. The summed E-state index contributed by atoms with van der Waals surface area (Å²) in [5.74, 6) is 1.88. The van der Waals surface area contributed by atoms with E-state index in [0.717, 1.165) is 24.3 Å². The summed E-state index contributed by atoms with van der Waals surface area (Å²) in [5.41, 5.74) is 4.30. The molecule has 4 nitrogen and oxygen atoms in total. The number of amides is 1. The average molecular weight is 248 g/mol. The fourth-order valence-corrected chi connectivity index (χ4v) is 2.41. The van der Waals surface area contributed by atoms with E-state index >= 15 is 0 Å². The van der Waals surface area contributed by atoms with Gasteiger partial charge < -0.3 is 4.42 Å². The molecule has 98 valence electrons. The van der Waals surface area contributed by atoms with Gasteiger partial charge in [0, 0.05) is 5.71 Å². The van der Waals surface area contributed by atoms with Crippen LogP contribution in [0.2, 0.25) is 0 Å². The van der Waals surface area contributed by atoms with E-state index in [4.69, 9.17) is 4.42 Å². The van der Waals surface area contributed by atoms with Crippen molar-refractivity contribution in [3.8, 4) is 0 Å². The highest BCUT2D eigenvalue weighted by Crippen LogP contribution is 2.21. The van der Waals surface area contributed by atoms with E-state index in [1.807, 2.05) is 6.92 Å². The van der Waals surface area contributed by atoms with Crippen LogP contribution in [-0.2, 0) is 0 Å². The van der Waals surface area contributed by atoms with Gasteiger partial charge in [-0.3, -0.25) is 4.79 Å². The van der Waals surface area contributed by atoms with Gasteiger partial charge in [-0.15, -0.1) is 0 Å². The minimum atomic E-state index is -0.185. The summed E-state index contributed by atoms with van der Waals surface area (Å²) in [6, 6.07) is 1.74. The molecule has 0 radical (unpaired) electrons. The van der Waals surface area contributed by atoms with Crippen LogP contribution in [0, 0.1) is 19.8 Å². The molecule has 0 spiro atoms. The zero-order valence-corrected chi connectivity index (χ0v) is 11.2. The molecular formula is C14H20N2O2. The van der Waals surface area contributed by atoms with Gasteiger partial charge in [0.1, 0.15) is 11.5 Å². The van der Waals surface area contributed by atoms with Gasteiger partial charge in [0.05, 0.1) is 5.56 Å². The quantitative estimate of drug-likeness (QED) is 0.817. The second-order valence-electron chi connectivity index (χ2n) is 5.15. The summed E-state index contributed by atoms with van der Waals surface area (Å²) in [7, 11) is 0.